The molecule has 24 heavy (non-hydrogen) atoms. The van der Waals surface area contributed by atoms with E-state index in [4.69, 9.17) is 0 Å². The van der Waals surface area contributed by atoms with Gasteiger partial charge in [0.1, 0.15) is 0 Å². The number of aromatic nitrogens is 1. The molecule has 0 atom stereocenters. The van der Waals surface area contributed by atoms with Crippen molar-refractivity contribution in [3.05, 3.63) is 52.8 Å². The summed E-state index contributed by atoms with van der Waals surface area (Å²) in [5.74, 6) is 0.452. The zero-order chi connectivity index (χ0) is 17.3. The zero-order valence-corrected chi connectivity index (χ0v) is 14.7. The first-order chi connectivity index (χ1) is 11.5. The number of aryl methyl sites for hydroxylation is 2. The van der Waals surface area contributed by atoms with Crippen LogP contribution in [-0.4, -0.2) is 40.2 Å². The molecule has 1 aromatic heterocycles. The summed E-state index contributed by atoms with van der Waals surface area (Å²) in [7, 11) is 0. The molecule has 4 nitrogen and oxygen atoms in total. The van der Waals surface area contributed by atoms with Gasteiger partial charge in [-0.25, -0.2) is 0 Å². The molecule has 0 bridgehead atoms. The fourth-order valence-electron chi connectivity index (χ4n) is 3.65. The molecule has 2 aromatic rings. The Morgan fingerprint density at radius 2 is 1.83 bits per heavy atom. The van der Waals surface area contributed by atoms with Crippen molar-refractivity contribution in [2.75, 3.05) is 19.7 Å². The Labute approximate surface area is 143 Å². The van der Waals surface area contributed by atoms with Gasteiger partial charge in [-0.15, -0.1) is 0 Å². The molecule has 1 saturated heterocycles. The fraction of sp³-hybridized carbons (Fsp3) is 0.450. The monoisotopic (exact) mass is 326 g/mol. The molecular formula is C20H26N2O2. The van der Waals surface area contributed by atoms with Crippen LogP contribution >= 0.6 is 0 Å². The number of aliphatic hydroxyl groups is 1. The number of hydrogen-bond acceptors (Lipinski definition) is 2. The Morgan fingerprint density at radius 3 is 2.46 bits per heavy atom. The van der Waals surface area contributed by atoms with E-state index in [1.165, 1.54) is 5.56 Å². The van der Waals surface area contributed by atoms with E-state index < -0.39 is 0 Å². The van der Waals surface area contributed by atoms with Crippen molar-refractivity contribution in [3.8, 4) is 5.69 Å². The minimum absolute atomic E-state index is 0.110. The predicted molar refractivity (Wildman–Crippen MR) is 95.7 cm³/mol. The number of likely N-dealkylation sites (tertiary alicyclic amines) is 1. The normalized spacial score (nSPS) is 15.8. The average Bonchev–Trinajstić information content (AvgIpc) is 2.89. The molecule has 0 radical (unpaired) electrons. The molecule has 0 aliphatic carbocycles. The minimum Gasteiger partial charge on any atom is -0.396 e. The van der Waals surface area contributed by atoms with Crippen LogP contribution < -0.4 is 0 Å². The fourth-order valence-corrected chi connectivity index (χ4v) is 3.65. The van der Waals surface area contributed by atoms with Crippen LogP contribution in [0.4, 0.5) is 0 Å². The molecule has 1 aliphatic rings. The Balaban J connectivity index is 1.89. The van der Waals surface area contributed by atoms with Gasteiger partial charge in [0, 0.05) is 36.8 Å². The van der Waals surface area contributed by atoms with Crippen molar-refractivity contribution < 1.29 is 9.90 Å². The highest BCUT2D eigenvalue weighted by Crippen LogP contribution is 2.25. The third kappa shape index (κ3) is 2.98. The van der Waals surface area contributed by atoms with Gasteiger partial charge in [0.2, 0.25) is 0 Å². The summed E-state index contributed by atoms with van der Waals surface area (Å²) in [5.41, 5.74) is 5.19. The van der Waals surface area contributed by atoms with Crippen LogP contribution in [0, 0.1) is 26.7 Å². The number of benzene rings is 1. The Kier molecular flexibility index (Phi) is 4.76. The van der Waals surface area contributed by atoms with Crippen LogP contribution in [0.25, 0.3) is 5.69 Å². The van der Waals surface area contributed by atoms with Crippen molar-refractivity contribution in [2.24, 2.45) is 5.92 Å². The lowest BCUT2D eigenvalue weighted by Crippen LogP contribution is -2.39. The van der Waals surface area contributed by atoms with Crippen molar-refractivity contribution in [3.63, 3.8) is 0 Å². The second-order valence-corrected chi connectivity index (χ2v) is 6.82. The molecule has 1 amide bonds. The third-order valence-corrected chi connectivity index (χ3v) is 5.18. The van der Waals surface area contributed by atoms with Crippen LogP contribution in [0.3, 0.4) is 0 Å². The van der Waals surface area contributed by atoms with Gasteiger partial charge in [0.15, 0.2) is 0 Å². The summed E-state index contributed by atoms with van der Waals surface area (Å²) in [6.07, 6.45) is 1.78. The topological polar surface area (TPSA) is 45.5 Å². The van der Waals surface area contributed by atoms with Gasteiger partial charge in [-0.3, -0.25) is 4.79 Å². The summed E-state index contributed by atoms with van der Waals surface area (Å²) in [4.78, 5) is 14.9. The largest absolute Gasteiger partial charge is 0.396 e. The molecule has 1 aromatic carbocycles. The first-order valence-electron chi connectivity index (χ1n) is 8.68. The van der Waals surface area contributed by atoms with Gasteiger partial charge >= 0.3 is 0 Å². The summed E-state index contributed by atoms with van der Waals surface area (Å²) in [5, 5.41) is 9.26. The highest BCUT2D eigenvalue weighted by molar-refractivity contribution is 5.96. The Hall–Kier alpha value is -2.07. The summed E-state index contributed by atoms with van der Waals surface area (Å²) in [6, 6.07) is 10.3. The number of amides is 1. The van der Waals surface area contributed by atoms with Crippen LogP contribution in [-0.2, 0) is 0 Å². The molecule has 2 heterocycles. The molecule has 128 valence electrons. The smallest absolute Gasteiger partial charge is 0.255 e. The molecule has 3 rings (SSSR count). The van der Waals surface area contributed by atoms with Crippen molar-refractivity contribution in [1.29, 1.82) is 0 Å². The molecule has 1 N–H and O–H groups in total. The molecule has 4 heteroatoms. The lowest BCUT2D eigenvalue weighted by Gasteiger charge is -2.31. The van der Waals surface area contributed by atoms with E-state index in [1.807, 2.05) is 36.9 Å². The average molecular weight is 326 g/mol. The molecule has 1 aliphatic heterocycles. The van der Waals surface area contributed by atoms with Gasteiger partial charge in [0.25, 0.3) is 5.91 Å². The van der Waals surface area contributed by atoms with Gasteiger partial charge < -0.3 is 14.6 Å². The van der Waals surface area contributed by atoms with Crippen LogP contribution in [0.2, 0.25) is 0 Å². The number of carbonyl (C=O) groups is 1. The summed E-state index contributed by atoms with van der Waals surface area (Å²) >= 11 is 0. The first-order valence-corrected chi connectivity index (χ1v) is 8.68. The number of para-hydroxylation sites is 1. The third-order valence-electron chi connectivity index (χ3n) is 5.18. The number of hydrogen-bond donors (Lipinski definition) is 1. The number of rotatable bonds is 3. The Morgan fingerprint density at radius 1 is 1.17 bits per heavy atom. The van der Waals surface area contributed by atoms with Crippen molar-refractivity contribution in [1.82, 2.24) is 9.47 Å². The molecule has 0 saturated carbocycles. The standard InChI is InChI=1S/C20H26N2O2/c1-14-6-4-5-7-19(14)22-15(2)12-18(16(22)3)20(24)21-10-8-17(13-23)9-11-21/h4-7,12,17,23H,8-11,13H2,1-3H3. The molecule has 1 fully saturated rings. The highest BCUT2D eigenvalue weighted by atomic mass is 16.3. The number of piperidine rings is 1. The second-order valence-electron chi connectivity index (χ2n) is 6.82. The maximum Gasteiger partial charge on any atom is 0.255 e. The van der Waals surface area contributed by atoms with E-state index in [9.17, 15) is 9.90 Å². The van der Waals surface area contributed by atoms with Gasteiger partial charge in [-0.2, -0.15) is 0 Å². The predicted octanol–water partition coefficient (Wildman–Crippen LogP) is 3.25. The second kappa shape index (κ2) is 6.81. The molecular weight excluding hydrogens is 300 g/mol. The maximum absolute atomic E-state index is 12.9. The highest BCUT2D eigenvalue weighted by Gasteiger charge is 2.26. The van der Waals surface area contributed by atoms with E-state index in [0.717, 1.165) is 48.6 Å². The molecule has 0 unspecified atom stereocenters. The zero-order valence-electron chi connectivity index (χ0n) is 14.7. The maximum atomic E-state index is 12.9. The number of carbonyl (C=O) groups excluding carboxylic acids is 1. The van der Waals surface area contributed by atoms with E-state index in [0.29, 0.717) is 5.92 Å². The van der Waals surface area contributed by atoms with Crippen molar-refractivity contribution >= 4 is 5.91 Å². The molecule has 0 spiro atoms. The van der Waals surface area contributed by atoms with E-state index >= 15 is 0 Å². The van der Waals surface area contributed by atoms with E-state index in [1.54, 1.807) is 0 Å². The van der Waals surface area contributed by atoms with E-state index in [-0.39, 0.29) is 12.5 Å². The van der Waals surface area contributed by atoms with Crippen LogP contribution in [0.1, 0.15) is 40.2 Å². The van der Waals surface area contributed by atoms with Crippen molar-refractivity contribution in [2.45, 2.75) is 33.6 Å². The SMILES string of the molecule is Cc1ccccc1-n1c(C)cc(C(=O)N2CCC(CO)CC2)c1C. The summed E-state index contributed by atoms with van der Waals surface area (Å²) in [6.45, 7) is 7.86. The van der Waals surface area contributed by atoms with Crippen LogP contribution in [0.15, 0.2) is 30.3 Å². The van der Waals surface area contributed by atoms with Gasteiger partial charge in [-0.05, 0) is 57.2 Å². The minimum atomic E-state index is 0.110. The first kappa shape index (κ1) is 16.8. The van der Waals surface area contributed by atoms with Gasteiger partial charge in [-0.1, -0.05) is 18.2 Å². The number of nitrogens with zero attached hydrogens (tertiary/aromatic N) is 2. The van der Waals surface area contributed by atoms with Crippen LogP contribution in [0.5, 0.6) is 0 Å². The lowest BCUT2D eigenvalue weighted by atomic mass is 9.97. The summed E-state index contributed by atoms with van der Waals surface area (Å²) < 4.78 is 2.17. The van der Waals surface area contributed by atoms with E-state index in [2.05, 4.69) is 23.6 Å². The van der Waals surface area contributed by atoms with Gasteiger partial charge in [0.05, 0.1) is 5.56 Å². The lowest BCUT2D eigenvalue weighted by molar-refractivity contribution is 0.0650. The Bertz CT molecular complexity index is 740. The number of aliphatic hydroxyl groups excluding tert-OH is 1. The quantitative estimate of drug-likeness (QED) is 0.941.